The number of rotatable bonds is 2. The first-order chi connectivity index (χ1) is 9.24. The lowest BCUT2D eigenvalue weighted by Crippen LogP contribution is -2.13. The number of para-hydroxylation sites is 1. The minimum atomic E-state index is -0.205. The molecule has 2 aromatic carbocycles. The molecule has 3 aromatic rings. The lowest BCUT2D eigenvalue weighted by atomic mass is 10.1. The molecular formula is C15H13N3O. The molecule has 0 bridgehead atoms. The zero-order valence-corrected chi connectivity index (χ0v) is 10.2. The van der Waals surface area contributed by atoms with Crippen LogP contribution >= 0.6 is 0 Å². The number of H-pyrrole nitrogens is 1. The van der Waals surface area contributed by atoms with Gasteiger partial charge in [-0.3, -0.25) is 4.79 Å². The predicted octanol–water partition coefficient (Wildman–Crippen LogP) is 3.00. The van der Waals surface area contributed by atoms with Crippen LogP contribution in [0.15, 0.2) is 54.7 Å². The summed E-state index contributed by atoms with van der Waals surface area (Å²) in [6.45, 7) is 0. The molecule has 4 N–H and O–H groups in total. The number of hydrogen-bond acceptors (Lipinski definition) is 2. The fourth-order valence-corrected chi connectivity index (χ4v) is 2.03. The monoisotopic (exact) mass is 251 g/mol. The molecule has 4 nitrogen and oxygen atoms in total. The number of carbonyl (C=O) groups is 1. The van der Waals surface area contributed by atoms with Gasteiger partial charge in [-0.15, -0.1) is 0 Å². The van der Waals surface area contributed by atoms with E-state index in [-0.39, 0.29) is 5.91 Å². The summed E-state index contributed by atoms with van der Waals surface area (Å²) in [4.78, 5) is 15.2. The van der Waals surface area contributed by atoms with Crippen molar-refractivity contribution >= 4 is 28.2 Å². The second-order valence-electron chi connectivity index (χ2n) is 4.32. The van der Waals surface area contributed by atoms with E-state index in [0.717, 1.165) is 16.6 Å². The number of benzene rings is 2. The maximum absolute atomic E-state index is 12.1. The molecule has 0 aliphatic heterocycles. The number of aromatic nitrogens is 1. The minimum Gasteiger partial charge on any atom is -0.398 e. The zero-order valence-electron chi connectivity index (χ0n) is 10.2. The fourth-order valence-electron chi connectivity index (χ4n) is 2.03. The molecule has 1 amide bonds. The van der Waals surface area contributed by atoms with Gasteiger partial charge in [-0.25, -0.2) is 0 Å². The summed E-state index contributed by atoms with van der Waals surface area (Å²) >= 11 is 0. The van der Waals surface area contributed by atoms with Crippen LogP contribution in [0.4, 0.5) is 11.4 Å². The SMILES string of the molecule is Nc1ccccc1C(=O)Nc1ccc2cc[nH]c2c1. The van der Waals surface area contributed by atoms with E-state index < -0.39 is 0 Å². The van der Waals surface area contributed by atoms with Gasteiger partial charge in [0.25, 0.3) is 5.91 Å². The molecule has 19 heavy (non-hydrogen) atoms. The lowest BCUT2D eigenvalue weighted by Gasteiger charge is -2.07. The molecule has 0 aliphatic carbocycles. The highest BCUT2D eigenvalue weighted by Gasteiger charge is 2.09. The first kappa shape index (κ1) is 11.3. The van der Waals surface area contributed by atoms with Crippen molar-refractivity contribution in [2.45, 2.75) is 0 Å². The summed E-state index contributed by atoms with van der Waals surface area (Å²) < 4.78 is 0. The summed E-state index contributed by atoms with van der Waals surface area (Å²) in [7, 11) is 0. The van der Waals surface area contributed by atoms with Crippen molar-refractivity contribution in [3.8, 4) is 0 Å². The lowest BCUT2D eigenvalue weighted by molar-refractivity contribution is 0.102. The number of nitrogens with one attached hydrogen (secondary N) is 2. The molecule has 3 rings (SSSR count). The number of fused-ring (bicyclic) bond motifs is 1. The van der Waals surface area contributed by atoms with E-state index in [2.05, 4.69) is 10.3 Å². The summed E-state index contributed by atoms with van der Waals surface area (Å²) in [6, 6.07) is 14.7. The Morgan fingerprint density at radius 2 is 1.95 bits per heavy atom. The Balaban J connectivity index is 1.88. The molecule has 0 spiro atoms. The van der Waals surface area contributed by atoms with Crippen molar-refractivity contribution < 1.29 is 4.79 Å². The second kappa shape index (κ2) is 4.49. The van der Waals surface area contributed by atoms with E-state index in [1.165, 1.54) is 0 Å². The molecule has 1 heterocycles. The summed E-state index contributed by atoms with van der Waals surface area (Å²) in [5.74, 6) is -0.205. The highest BCUT2D eigenvalue weighted by Crippen LogP contribution is 2.19. The standard InChI is InChI=1S/C15H13N3O/c16-13-4-2-1-3-12(13)15(19)18-11-6-5-10-7-8-17-14(10)9-11/h1-9,17H,16H2,(H,18,19). The number of amides is 1. The highest BCUT2D eigenvalue weighted by atomic mass is 16.1. The van der Waals surface area contributed by atoms with Crippen LogP contribution in [0.3, 0.4) is 0 Å². The number of aromatic amines is 1. The Morgan fingerprint density at radius 3 is 2.79 bits per heavy atom. The van der Waals surface area contributed by atoms with E-state index in [1.54, 1.807) is 24.3 Å². The Bertz CT molecular complexity index is 746. The molecular weight excluding hydrogens is 238 g/mol. The van der Waals surface area contributed by atoms with Gasteiger partial charge in [0.05, 0.1) is 5.56 Å². The van der Waals surface area contributed by atoms with E-state index >= 15 is 0 Å². The topological polar surface area (TPSA) is 70.9 Å². The van der Waals surface area contributed by atoms with Crippen molar-refractivity contribution in [3.05, 3.63) is 60.3 Å². The number of hydrogen-bond donors (Lipinski definition) is 3. The quantitative estimate of drug-likeness (QED) is 0.613. The number of nitrogens with two attached hydrogens (primary N) is 1. The normalized spacial score (nSPS) is 10.5. The first-order valence-electron chi connectivity index (χ1n) is 5.97. The van der Waals surface area contributed by atoms with Crippen LogP contribution in [0.25, 0.3) is 10.9 Å². The van der Waals surface area contributed by atoms with Crippen LogP contribution in [0, 0.1) is 0 Å². The third-order valence-electron chi connectivity index (χ3n) is 3.02. The minimum absolute atomic E-state index is 0.205. The number of carbonyl (C=O) groups excluding carboxylic acids is 1. The van der Waals surface area contributed by atoms with Gasteiger partial charge in [0.1, 0.15) is 0 Å². The summed E-state index contributed by atoms with van der Waals surface area (Å²) in [5, 5.41) is 3.95. The second-order valence-corrected chi connectivity index (χ2v) is 4.32. The van der Waals surface area contributed by atoms with Crippen molar-refractivity contribution in [3.63, 3.8) is 0 Å². The van der Waals surface area contributed by atoms with Crippen LogP contribution in [0.2, 0.25) is 0 Å². The third kappa shape index (κ3) is 2.15. The maximum Gasteiger partial charge on any atom is 0.257 e. The fraction of sp³-hybridized carbons (Fsp3) is 0. The molecule has 0 unspecified atom stereocenters. The molecule has 0 saturated carbocycles. The summed E-state index contributed by atoms with van der Waals surface area (Å²) in [5.41, 5.74) is 8.46. The van der Waals surface area contributed by atoms with Gasteiger partial charge in [0, 0.05) is 23.1 Å². The molecule has 0 aliphatic rings. The van der Waals surface area contributed by atoms with Gasteiger partial charge in [-0.1, -0.05) is 18.2 Å². The van der Waals surface area contributed by atoms with Crippen LogP contribution in [-0.2, 0) is 0 Å². The highest BCUT2D eigenvalue weighted by molar-refractivity contribution is 6.08. The Hall–Kier alpha value is -2.75. The third-order valence-corrected chi connectivity index (χ3v) is 3.02. The van der Waals surface area contributed by atoms with E-state index in [4.69, 9.17) is 5.73 Å². The van der Waals surface area contributed by atoms with Crippen LogP contribution < -0.4 is 11.1 Å². The molecule has 0 radical (unpaired) electrons. The smallest absolute Gasteiger partial charge is 0.257 e. The molecule has 94 valence electrons. The van der Waals surface area contributed by atoms with Crippen molar-refractivity contribution in [1.29, 1.82) is 0 Å². The van der Waals surface area contributed by atoms with Crippen molar-refractivity contribution in [1.82, 2.24) is 4.98 Å². The van der Waals surface area contributed by atoms with Crippen molar-refractivity contribution in [2.75, 3.05) is 11.1 Å². The number of anilines is 2. The van der Waals surface area contributed by atoms with Gasteiger partial charge >= 0.3 is 0 Å². The molecule has 0 atom stereocenters. The van der Waals surface area contributed by atoms with Crippen molar-refractivity contribution in [2.24, 2.45) is 0 Å². The van der Waals surface area contributed by atoms with Crippen LogP contribution in [0.5, 0.6) is 0 Å². The predicted molar refractivity (Wildman–Crippen MR) is 77.1 cm³/mol. The Kier molecular flexibility index (Phi) is 2.68. The largest absolute Gasteiger partial charge is 0.398 e. The van der Waals surface area contributed by atoms with Crippen LogP contribution in [0.1, 0.15) is 10.4 Å². The van der Waals surface area contributed by atoms with Gasteiger partial charge in [-0.2, -0.15) is 0 Å². The molecule has 0 saturated heterocycles. The number of nitrogen functional groups attached to an aromatic ring is 1. The van der Waals surface area contributed by atoms with Gasteiger partial charge < -0.3 is 16.0 Å². The van der Waals surface area contributed by atoms with Gasteiger partial charge in [0.15, 0.2) is 0 Å². The average Bonchev–Trinajstić information content (AvgIpc) is 2.86. The van der Waals surface area contributed by atoms with Gasteiger partial charge in [0.2, 0.25) is 0 Å². The van der Waals surface area contributed by atoms with Crippen LogP contribution in [-0.4, -0.2) is 10.9 Å². The Morgan fingerprint density at radius 1 is 1.11 bits per heavy atom. The average molecular weight is 251 g/mol. The molecule has 4 heteroatoms. The maximum atomic E-state index is 12.1. The zero-order chi connectivity index (χ0) is 13.2. The molecule has 0 fully saturated rings. The van der Waals surface area contributed by atoms with E-state index in [1.807, 2.05) is 30.5 Å². The van der Waals surface area contributed by atoms with E-state index in [0.29, 0.717) is 11.3 Å². The van der Waals surface area contributed by atoms with E-state index in [9.17, 15) is 4.79 Å². The Labute approximate surface area is 110 Å². The summed E-state index contributed by atoms with van der Waals surface area (Å²) in [6.07, 6.45) is 1.87. The molecule has 1 aromatic heterocycles. The van der Waals surface area contributed by atoms with Gasteiger partial charge in [-0.05, 0) is 35.7 Å². The first-order valence-corrected chi connectivity index (χ1v) is 5.97.